The van der Waals surface area contributed by atoms with Crippen LogP contribution in [0.1, 0.15) is 39.2 Å². The van der Waals surface area contributed by atoms with Crippen LogP contribution in [0.2, 0.25) is 0 Å². The number of nitrogens with one attached hydrogen (secondary N) is 3. The van der Waals surface area contributed by atoms with Crippen LogP contribution in [0.5, 0.6) is 0 Å². The van der Waals surface area contributed by atoms with Crippen LogP contribution >= 0.6 is 0 Å². The van der Waals surface area contributed by atoms with Gasteiger partial charge in [0.15, 0.2) is 0 Å². The Bertz CT molecular complexity index is 1890. The van der Waals surface area contributed by atoms with E-state index in [9.17, 15) is 36.3 Å². The average Bonchev–Trinajstić information content (AvgIpc) is 3.17. The molecule has 17 nitrogen and oxygen atoms in total. The maximum Gasteiger partial charge on any atom is 0.407 e. The minimum Gasteiger partial charge on any atom is -0.480 e. The van der Waals surface area contributed by atoms with Crippen molar-refractivity contribution in [1.82, 2.24) is 19.8 Å². The van der Waals surface area contributed by atoms with Gasteiger partial charge < -0.3 is 29.4 Å². The molecule has 0 saturated heterocycles. The highest BCUT2D eigenvalue weighted by Crippen LogP contribution is 2.23. The molecular weight excluding hydrogens is 785 g/mol. The average molecular weight is 837 g/mol. The molecule has 3 aromatic rings. The number of hydrogen-bond acceptors (Lipinski definition) is 12. The third-order valence-electron chi connectivity index (χ3n) is 7.63. The van der Waals surface area contributed by atoms with E-state index in [1.807, 2.05) is 30.3 Å². The number of amides is 2. The molecule has 19 heteroatoms. The number of ether oxygens (including phenoxy) is 4. The minimum atomic E-state index is -4.29. The summed E-state index contributed by atoms with van der Waals surface area (Å²) in [6.45, 7) is 7.42. The number of sulfonamides is 2. The third kappa shape index (κ3) is 18.1. The third-order valence-corrected chi connectivity index (χ3v) is 10.6. The molecule has 0 heterocycles. The summed E-state index contributed by atoms with van der Waals surface area (Å²) in [5.41, 5.74) is 1.35. The van der Waals surface area contributed by atoms with Crippen molar-refractivity contribution in [2.75, 3.05) is 59.3 Å². The topological polar surface area (TPSA) is 225 Å². The molecular formula is C38H52N4O13S2. The number of hydrogen-bond donors (Lipinski definition) is 4. The summed E-state index contributed by atoms with van der Waals surface area (Å²) in [7, 11) is -8.09. The highest BCUT2D eigenvalue weighted by atomic mass is 32.2. The van der Waals surface area contributed by atoms with E-state index in [1.54, 1.807) is 32.9 Å². The zero-order chi connectivity index (χ0) is 41.7. The Balaban J connectivity index is 1.29. The van der Waals surface area contributed by atoms with Gasteiger partial charge in [0.25, 0.3) is 0 Å². The second-order valence-electron chi connectivity index (χ2n) is 13.4. The first kappa shape index (κ1) is 46.9. The van der Waals surface area contributed by atoms with Gasteiger partial charge >= 0.3 is 12.1 Å². The summed E-state index contributed by atoms with van der Waals surface area (Å²) in [5, 5.41) is 13.0. The van der Waals surface area contributed by atoms with Gasteiger partial charge in [-0.05, 0) is 74.6 Å². The molecule has 3 rings (SSSR count). The number of rotatable bonds is 27. The Morgan fingerprint density at radius 1 is 0.754 bits per heavy atom. The van der Waals surface area contributed by atoms with E-state index in [0.29, 0.717) is 83.2 Å². The fraction of sp³-hybridized carbons (Fsp3) is 0.447. The molecule has 0 aliphatic heterocycles. The monoisotopic (exact) mass is 836 g/mol. The number of aliphatic carboxylic acids is 1. The van der Waals surface area contributed by atoms with Crippen molar-refractivity contribution in [3.05, 3.63) is 84.4 Å². The summed E-state index contributed by atoms with van der Waals surface area (Å²) in [4.78, 5) is 40.1. The first-order valence-electron chi connectivity index (χ1n) is 18.1. The van der Waals surface area contributed by atoms with E-state index < -0.39 is 50.3 Å². The minimum absolute atomic E-state index is 0.0448. The highest BCUT2D eigenvalue weighted by molar-refractivity contribution is 7.89. The van der Waals surface area contributed by atoms with E-state index >= 15 is 0 Å². The van der Waals surface area contributed by atoms with Crippen molar-refractivity contribution in [3.63, 3.8) is 0 Å². The zero-order valence-electron chi connectivity index (χ0n) is 32.3. The number of benzene rings is 3. The Kier molecular flexibility index (Phi) is 19.5. The predicted molar refractivity (Wildman–Crippen MR) is 209 cm³/mol. The molecule has 0 bridgehead atoms. The number of hydroxylamine groups is 2. The molecule has 4 N–H and O–H groups in total. The number of carbonyl (C=O) groups is 3. The molecule has 0 radical (unpaired) electrons. The molecule has 0 fully saturated rings. The van der Waals surface area contributed by atoms with Crippen LogP contribution in [-0.4, -0.2) is 116 Å². The van der Waals surface area contributed by atoms with Crippen LogP contribution < -0.4 is 14.8 Å². The molecule has 57 heavy (non-hydrogen) atoms. The van der Waals surface area contributed by atoms with Gasteiger partial charge in [0.1, 0.15) is 18.2 Å². The van der Waals surface area contributed by atoms with Gasteiger partial charge in [-0.3, -0.25) is 14.4 Å². The summed E-state index contributed by atoms with van der Waals surface area (Å²) in [5.74, 6) is -1.50. The van der Waals surface area contributed by atoms with Crippen LogP contribution in [0.15, 0.2) is 88.7 Å². The molecule has 0 aromatic heterocycles. The maximum absolute atomic E-state index is 12.9. The Morgan fingerprint density at radius 2 is 1.28 bits per heavy atom. The molecule has 1 atom stereocenters. The van der Waals surface area contributed by atoms with Crippen molar-refractivity contribution >= 4 is 38.5 Å². The second-order valence-corrected chi connectivity index (χ2v) is 16.9. The summed E-state index contributed by atoms with van der Waals surface area (Å²) in [6.07, 6.45) is 0.795. The summed E-state index contributed by atoms with van der Waals surface area (Å²) < 4.78 is 77.6. The Morgan fingerprint density at radius 3 is 1.81 bits per heavy atom. The van der Waals surface area contributed by atoms with E-state index in [2.05, 4.69) is 14.8 Å². The lowest BCUT2D eigenvalue weighted by Gasteiger charge is -2.21. The van der Waals surface area contributed by atoms with Crippen LogP contribution in [0.3, 0.4) is 0 Å². The van der Waals surface area contributed by atoms with E-state index in [1.165, 1.54) is 41.5 Å². The van der Waals surface area contributed by atoms with E-state index in [-0.39, 0.29) is 16.3 Å². The first-order valence-corrected chi connectivity index (χ1v) is 21.1. The molecule has 0 spiro atoms. The number of alkyl carbamates (subject to hydrolysis) is 1. The van der Waals surface area contributed by atoms with Gasteiger partial charge in [-0.25, -0.2) is 31.4 Å². The number of carboxylic acid groups (broad SMARTS) is 1. The molecule has 1 unspecified atom stereocenters. The molecule has 0 saturated carbocycles. The lowest BCUT2D eigenvalue weighted by Crippen LogP contribution is -2.49. The lowest BCUT2D eigenvalue weighted by molar-refractivity contribution is -0.178. The van der Waals surface area contributed by atoms with Gasteiger partial charge in [0.05, 0.1) is 42.8 Å². The first-order chi connectivity index (χ1) is 27.1. The normalized spacial score (nSPS) is 12.5. The van der Waals surface area contributed by atoms with Crippen LogP contribution in [0, 0.1) is 0 Å². The SMILES string of the molecule is CC(C)(C)OC(=O)NCC(NS(=O)(=O)c1ccc(-c2ccc(S(=O)(=O)NCCCOCCOCCOCCCN(C=O)OCc3ccccc3)cc2)cc1)C(=O)O. The van der Waals surface area contributed by atoms with Gasteiger partial charge in [-0.2, -0.15) is 4.72 Å². The van der Waals surface area contributed by atoms with Crippen molar-refractivity contribution in [2.24, 2.45) is 0 Å². The molecule has 3 aromatic carbocycles. The Hall–Kier alpha value is -4.47. The maximum atomic E-state index is 12.9. The largest absolute Gasteiger partial charge is 0.480 e. The predicted octanol–water partition coefficient (Wildman–Crippen LogP) is 3.31. The van der Waals surface area contributed by atoms with E-state index in [4.69, 9.17) is 23.8 Å². The number of carboxylic acids is 1. The van der Waals surface area contributed by atoms with Gasteiger partial charge in [0.2, 0.25) is 26.5 Å². The molecule has 0 aliphatic rings. The Labute approximate surface area is 334 Å². The number of carbonyl (C=O) groups excluding carboxylic acids is 2. The van der Waals surface area contributed by atoms with Crippen molar-refractivity contribution < 1.29 is 60.1 Å². The lowest BCUT2D eigenvalue weighted by atomic mass is 10.1. The fourth-order valence-corrected chi connectivity index (χ4v) is 7.06. The van der Waals surface area contributed by atoms with Crippen molar-refractivity contribution in [1.29, 1.82) is 0 Å². The second kappa shape index (κ2) is 23.7. The zero-order valence-corrected chi connectivity index (χ0v) is 33.9. The summed E-state index contributed by atoms with van der Waals surface area (Å²) in [6, 6.07) is 19.5. The standard InChI is InChI=1S/C38H52N4O13S2/c1-38(2,3)55-37(46)39-27-35(36(44)45)41-57(49,50)34-17-13-32(14-18-34)31-11-15-33(16-12-31)56(47,48)40-19-7-21-51-23-25-53-26-24-52-22-8-20-42(29-43)54-28-30-9-5-4-6-10-30/h4-6,9-18,29,35,40-41H,7-8,19-28H2,1-3H3,(H,39,46)(H,44,45). The molecule has 0 aliphatic carbocycles. The smallest absolute Gasteiger partial charge is 0.407 e. The van der Waals surface area contributed by atoms with Gasteiger partial charge in [-0.15, -0.1) is 0 Å². The van der Waals surface area contributed by atoms with Gasteiger partial charge in [-0.1, -0.05) is 54.6 Å². The molecule has 314 valence electrons. The van der Waals surface area contributed by atoms with Crippen molar-refractivity contribution in [2.45, 2.75) is 61.7 Å². The van der Waals surface area contributed by atoms with Crippen LogP contribution in [0.25, 0.3) is 11.1 Å². The van der Waals surface area contributed by atoms with Gasteiger partial charge in [0, 0.05) is 26.3 Å². The fourth-order valence-electron chi connectivity index (χ4n) is 4.80. The van der Waals surface area contributed by atoms with Crippen LogP contribution in [0.4, 0.5) is 4.79 Å². The molecule has 2 amide bonds. The number of nitrogens with zero attached hydrogens (tertiary/aromatic N) is 1. The van der Waals surface area contributed by atoms with Crippen LogP contribution in [-0.2, 0) is 60.0 Å². The van der Waals surface area contributed by atoms with E-state index in [0.717, 1.165) is 5.56 Å². The highest BCUT2D eigenvalue weighted by Gasteiger charge is 2.27. The summed E-state index contributed by atoms with van der Waals surface area (Å²) >= 11 is 0. The van der Waals surface area contributed by atoms with Crippen molar-refractivity contribution in [3.8, 4) is 11.1 Å². The quantitative estimate of drug-likeness (QED) is 0.0492.